The molecule has 0 spiro atoms. The smallest absolute Gasteiger partial charge is 0.465 e. The molecule has 1 aliphatic heterocycles. The van der Waals surface area contributed by atoms with Gasteiger partial charge in [-0.15, -0.1) is 0 Å². The number of piperidine rings is 1. The fourth-order valence-electron chi connectivity index (χ4n) is 4.84. The minimum Gasteiger partial charge on any atom is -0.465 e. The minimum atomic E-state index is -4.90. The van der Waals surface area contributed by atoms with E-state index < -0.39 is 24.2 Å². The Morgan fingerprint density at radius 1 is 1.13 bits per heavy atom. The zero-order chi connectivity index (χ0) is 23.0. The summed E-state index contributed by atoms with van der Waals surface area (Å²) in [6, 6.07) is 8.69. The zero-order valence-electron chi connectivity index (χ0n) is 18.2. The van der Waals surface area contributed by atoms with Crippen LogP contribution in [0.15, 0.2) is 30.3 Å². The highest BCUT2D eigenvalue weighted by Gasteiger charge is 2.52. The van der Waals surface area contributed by atoms with Gasteiger partial charge in [-0.1, -0.05) is 51.1 Å². The van der Waals surface area contributed by atoms with E-state index in [2.05, 4.69) is 0 Å². The van der Waals surface area contributed by atoms with Crippen molar-refractivity contribution in [3.63, 3.8) is 0 Å². The number of carboxylic acid groups (broad SMARTS) is 1. The van der Waals surface area contributed by atoms with E-state index in [1.165, 1.54) is 4.90 Å². The molecule has 8 heteroatoms. The van der Waals surface area contributed by atoms with E-state index in [9.17, 15) is 27.9 Å². The van der Waals surface area contributed by atoms with Crippen LogP contribution < -0.4 is 0 Å². The van der Waals surface area contributed by atoms with Gasteiger partial charge in [0, 0.05) is 31.1 Å². The van der Waals surface area contributed by atoms with E-state index in [0.717, 1.165) is 10.5 Å². The van der Waals surface area contributed by atoms with Crippen molar-refractivity contribution in [1.82, 2.24) is 9.80 Å². The Labute approximate surface area is 181 Å². The van der Waals surface area contributed by atoms with Crippen LogP contribution in [-0.4, -0.2) is 58.3 Å². The maximum absolute atomic E-state index is 13.3. The summed E-state index contributed by atoms with van der Waals surface area (Å²) in [6.45, 7) is 6.34. The predicted molar refractivity (Wildman–Crippen MR) is 111 cm³/mol. The van der Waals surface area contributed by atoms with Crippen LogP contribution in [0, 0.1) is 11.3 Å². The largest absolute Gasteiger partial charge is 0.471 e. The molecule has 172 valence electrons. The average molecular weight is 441 g/mol. The third kappa shape index (κ3) is 5.52. The van der Waals surface area contributed by atoms with Gasteiger partial charge in [0.25, 0.3) is 0 Å². The second-order valence-corrected chi connectivity index (χ2v) is 9.85. The van der Waals surface area contributed by atoms with Crippen LogP contribution in [0.3, 0.4) is 0 Å². The monoisotopic (exact) mass is 440 g/mol. The first-order valence-electron chi connectivity index (χ1n) is 10.8. The number of alkyl halides is 3. The van der Waals surface area contributed by atoms with E-state index in [4.69, 9.17) is 0 Å². The molecule has 31 heavy (non-hydrogen) atoms. The molecule has 2 unspecified atom stereocenters. The van der Waals surface area contributed by atoms with Crippen molar-refractivity contribution in [3.05, 3.63) is 35.9 Å². The molecule has 2 amide bonds. The summed E-state index contributed by atoms with van der Waals surface area (Å²) in [5.74, 6) is -1.76. The van der Waals surface area contributed by atoms with Gasteiger partial charge in [-0.3, -0.25) is 4.79 Å². The van der Waals surface area contributed by atoms with E-state index in [-0.39, 0.29) is 29.8 Å². The van der Waals surface area contributed by atoms with E-state index in [0.29, 0.717) is 32.2 Å². The molecule has 1 N–H and O–H groups in total. The van der Waals surface area contributed by atoms with Gasteiger partial charge < -0.3 is 14.9 Å². The fourth-order valence-corrected chi connectivity index (χ4v) is 4.84. The number of hydrogen-bond acceptors (Lipinski definition) is 2. The van der Waals surface area contributed by atoms with E-state index in [1.807, 2.05) is 51.1 Å². The number of amides is 2. The molecule has 4 atom stereocenters. The first-order chi connectivity index (χ1) is 14.4. The Morgan fingerprint density at radius 2 is 1.77 bits per heavy atom. The van der Waals surface area contributed by atoms with Crippen LogP contribution in [0.5, 0.6) is 0 Å². The lowest BCUT2D eigenvalue weighted by Gasteiger charge is -2.45. The molecular weight excluding hydrogens is 409 g/mol. The van der Waals surface area contributed by atoms with Crippen molar-refractivity contribution in [3.8, 4) is 0 Å². The summed E-state index contributed by atoms with van der Waals surface area (Å²) in [5, 5.41) is 9.51. The van der Waals surface area contributed by atoms with E-state index >= 15 is 0 Å². The van der Waals surface area contributed by atoms with Gasteiger partial charge in [0.15, 0.2) is 0 Å². The molecule has 1 aromatic carbocycles. The van der Waals surface area contributed by atoms with Crippen LogP contribution in [0.1, 0.15) is 57.9 Å². The number of hydrogen-bond donors (Lipinski definition) is 1. The molecule has 1 aromatic rings. The summed E-state index contributed by atoms with van der Waals surface area (Å²) in [5.41, 5.74) is 0.683. The number of likely N-dealkylation sites (tertiary alicyclic amines) is 1. The summed E-state index contributed by atoms with van der Waals surface area (Å²) < 4.78 is 39.8. The molecule has 1 heterocycles. The lowest BCUT2D eigenvalue weighted by Crippen LogP contribution is -2.52. The predicted octanol–water partition coefficient (Wildman–Crippen LogP) is 5.13. The van der Waals surface area contributed by atoms with Gasteiger partial charge in [-0.2, -0.15) is 13.2 Å². The highest BCUT2D eigenvalue weighted by molar-refractivity contribution is 5.82. The summed E-state index contributed by atoms with van der Waals surface area (Å²) in [7, 11) is 0. The SMILES string of the molecule is CC(C)(C)C1CC(CCN(C(=O)C(F)(F)F)[C@@H]2C[C@H]2c2ccccc2)CCN1C(=O)O. The molecule has 1 aliphatic carbocycles. The summed E-state index contributed by atoms with van der Waals surface area (Å²) in [6.07, 6.45) is -3.69. The highest BCUT2D eigenvalue weighted by atomic mass is 19.4. The zero-order valence-corrected chi connectivity index (χ0v) is 18.2. The minimum absolute atomic E-state index is 0.0426. The van der Waals surface area contributed by atoms with Crippen molar-refractivity contribution in [2.45, 2.75) is 70.6 Å². The molecule has 2 aliphatic rings. The number of rotatable bonds is 5. The van der Waals surface area contributed by atoms with Crippen LogP contribution in [0.2, 0.25) is 0 Å². The van der Waals surface area contributed by atoms with Crippen molar-refractivity contribution in [2.24, 2.45) is 11.3 Å². The Morgan fingerprint density at radius 3 is 2.32 bits per heavy atom. The topological polar surface area (TPSA) is 60.9 Å². The van der Waals surface area contributed by atoms with Crippen LogP contribution in [-0.2, 0) is 4.79 Å². The number of benzene rings is 1. The molecule has 1 saturated carbocycles. The lowest BCUT2D eigenvalue weighted by molar-refractivity contribution is -0.186. The first-order valence-corrected chi connectivity index (χ1v) is 10.8. The molecule has 5 nitrogen and oxygen atoms in total. The van der Waals surface area contributed by atoms with Crippen molar-refractivity contribution in [2.75, 3.05) is 13.1 Å². The van der Waals surface area contributed by atoms with E-state index in [1.54, 1.807) is 0 Å². The summed E-state index contributed by atoms with van der Waals surface area (Å²) >= 11 is 0. The van der Waals surface area contributed by atoms with Crippen LogP contribution >= 0.6 is 0 Å². The summed E-state index contributed by atoms with van der Waals surface area (Å²) in [4.78, 5) is 26.2. The second-order valence-electron chi connectivity index (χ2n) is 9.85. The normalized spacial score (nSPS) is 26.5. The average Bonchev–Trinajstić information content (AvgIpc) is 3.47. The number of carbonyl (C=O) groups is 2. The third-order valence-electron chi connectivity index (χ3n) is 6.62. The second kappa shape index (κ2) is 8.71. The van der Waals surface area contributed by atoms with Gasteiger partial charge in [-0.25, -0.2) is 4.79 Å². The molecule has 3 rings (SSSR count). The standard InChI is InChI=1S/C23H31F3N2O3/c1-22(2,3)19-13-15(10-12-28(19)21(30)31)9-11-27(20(29)23(24,25)26)18-14-17(18)16-7-5-4-6-8-16/h4-8,15,17-19H,9-14H2,1-3H3,(H,30,31)/t15?,17-,18+,19?/m0/s1. The van der Waals surface area contributed by atoms with Gasteiger partial charge in [0.05, 0.1) is 0 Å². The Bertz CT molecular complexity index is 791. The van der Waals surface area contributed by atoms with Crippen LogP contribution in [0.25, 0.3) is 0 Å². The number of nitrogens with zero attached hydrogens (tertiary/aromatic N) is 2. The van der Waals surface area contributed by atoms with Crippen molar-refractivity contribution < 1.29 is 27.9 Å². The number of carbonyl (C=O) groups excluding carboxylic acids is 1. The van der Waals surface area contributed by atoms with Gasteiger partial charge >= 0.3 is 18.2 Å². The van der Waals surface area contributed by atoms with Crippen LogP contribution in [0.4, 0.5) is 18.0 Å². The molecule has 2 fully saturated rings. The lowest BCUT2D eigenvalue weighted by atomic mass is 9.76. The Balaban J connectivity index is 1.68. The molecule has 0 radical (unpaired) electrons. The third-order valence-corrected chi connectivity index (χ3v) is 6.62. The molecule has 1 saturated heterocycles. The maximum atomic E-state index is 13.3. The quantitative estimate of drug-likeness (QED) is 0.691. The Hall–Kier alpha value is -2.25. The Kier molecular flexibility index (Phi) is 6.58. The fraction of sp³-hybridized carbons (Fsp3) is 0.652. The maximum Gasteiger partial charge on any atom is 0.471 e. The number of halogens is 3. The van der Waals surface area contributed by atoms with Crippen molar-refractivity contribution in [1.29, 1.82) is 0 Å². The first kappa shape index (κ1) is 23.4. The van der Waals surface area contributed by atoms with Gasteiger partial charge in [0.2, 0.25) is 0 Å². The molecular formula is C23H31F3N2O3. The van der Waals surface area contributed by atoms with Crippen molar-refractivity contribution >= 4 is 12.0 Å². The van der Waals surface area contributed by atoms with Gasteiger partial charge in [-0.05, 0) is 42.6 Å². The van der Waals surface area contributed by atoms with Gasteiger partial charge in [0.1, 0.15) is 0 Å². The molecule has 0 bridgehead atoms. The molecule has 0 aromatic heterocycles. The highest BCUT2D eigenvalue weighted by Crippen LogP contribution is 2.46.